The van der Waals surface area contributed by atoms with Crippen molar-refractivity contribution in [2.45, 2.75) is 25.5 Å². The van der Waals surface area contributed by atoms with Crippen molar-refractivity contribution in [1.82, 2.24) is 10.2 Å². The Labute approximate surface area is 173 Å². The molecule has 2 aromatic rings. The van der Waals surface area contributed by atoms with Gasteiger partial charge in [-0.1, -0.05) is 12.1 Å². The molecule has 1 fully saturated rings. The summed E-state index contributed by atoms with van der Waals surface area (Å²) in [5.74, 6) is -1.70. The maximum Gasteiger partial charge on any atom is 0.251 e. The maximum atomic E-state index is 13.7. The van der Waals surface area contributed by atoms with Crippen LogP contribution in [0.25, 0.3) is 0 Å². The van der Waals surface area contributed by atoms with Crippen LogP contribution in [0.5, 0.6) is 5.75 Å². The van der Waals surface area contributed by atoms with Gasteiger partial charge in [0.1, 0.15) is 18.5 Å². The molecule has 3 rings (SSSR count). The second-order valence-electron chi connectivity index (χ2n) is 7.05. The molecule has 0 spiro atoms. The van der Waals surface area contributed by atoms with Gasteiger partial charge in [-0.05, 0) is 30.3 Å². The van der Waals surface area contributed by atoms with Crippen molar-refractivity contribution >= 4 is 11.8 Å². The van der Waals surface area contributed by atoms with Gasteiger partial charge in [0.25, 0.3) is 5.91 Å². The quantitative estimate of drug-likeness (QED) is 0.751. The van der Waals surface area contributed by atoms with Gasteiger partial charge in [-0.25, -0.2) is 8.78 Å². The van der Waals surface area contributed by atoms with Crippen molar-refractivity contribution in [3.8, 4) is 5.75 Å². The first-order chi connectivity index (χ1) is 14.5. The lowest BCUT2D eigenvalue weighted by Gasteiger charge is -2.32. The topological polar surface area (TPSA) is 67.9 Å². The van der Waals surface area contributed by atoms with Gasteiger partial charge in [0.15, 0.2) is 11.6 Å². The molecule has 2 amide bonds. The molecular formula is C22H24F2N2O4. The van der Waals surface area contributed by atoms with E-state index in [9.17, 15) is 18.4 Å². The molecule has 0 radical (unpaired) electrons. The Kier molecular flexibility index (Phi) is 7.35. The van der Waals surface area contributed by atoms with E-state index in [0.29, 0.717) is 24.4 Å². The van der Waals surface area contributed by atoms with Crippen LogP contribution in [0.15, 0.2) is 42.5 Å². The summed E-state index contributed by atoms with van der Waals surface area (Å²) in [5, 5.41) is 2.58. The van der Waals surface area contributed by atoms with Gasteiger partial charge < -0.3 is 19.7 Å². The number of methoxy groups -OCH3 is 1. The summed E-state index contributed by atoms with van der Waals surface area (Å²) < 4.78 is 37.7. The molecule has 2 aromatic carbocycles. The van der Waals surface area contributed by atoms with Crippen molar-refractivity contribution < 1.29 is 27.8 Å². The standard InChI is InChI=1S/C22H24F2N2O4/c1-29-14-20(27)26-11-9-18(10-12-26)30-17-7-5-15(6-8-17)22(28)25-13-16-3-2-4-19(23)21(16)24/h2-8,18H,9-14H2,1H3,(H,25,28). The molecule has 6 nitrogen and oxygen atoms in total. The number of hydrogen-bond acceptors (Lipinski definition) is 4. The van der Waals surface area contributed by atoms with E-state index in [-0.39, 0.29) is 30.7 Å². The highest BCUT2D eigenvalue weighted by Crippen LogP contribution is 2.20. The van der Waals surface area contributed by atoms with Crippen molar-refractivity contribution in [3.63, 3.8) is 0 Å². The molecule has 160 valence electrons. The van der Waals surface area contributed by atoms with Gasteiger partial charge in [0.2, 0.25) is 5.91 Å². The average Bonchev–Trinajstić information content (AvgIpc) is 2.76. The van der Waals surface area contributed by atoms with Crippen LogP contribution < -0.4 is 10.1 Å². The zero-order chi connectivity index (χ0) is 21.5. The Morgan fingerprint density at radius 2 is 1.80 bits per heavy atom. The Morgan fingerprint density at radius 1 is 1.10 bits per heavy atom. The number of ether oxygens (including phenoxy) is 2. The number of carbonyl (C=O) groups is 2. The van der Waals surface area contributed by atoms with Crippen LogP contribution >= 0.6 is 0 Å². The Bertz CT molecular complexity index is 881. The molecule has 1 heterocycles. The highest BCUT2D eigenvalue weighted by Gasteiger charge is 2.23. The van der Waals surface area contributed by atoms with Crippen LogP contribution in [-0.4, -0.2) is 49.6 Å². The number of likely N-dealkylation sites (tertiary alicyclic amines) is 1. The number of amides is 2. The normalized spacial score (nSPS) is 14.4. The summed E-state index contributed by atoms with van der Waals surface area (Å²) in [6, 6.07) is 10.5. The van der Waals surface area contributed by atoms with E-state index < -0.39 is 17.5 Å². The number of benzene rings is 2. The SMILES string of the molecule is COCC(=O)N1CCC(Oc2ccc(C(=O)NCc3cccc(F)c3F)cc2)CC1. The van der Waals surface area contributed by atoms with E-state index in [1.165, 1.54) is 19.2 Å². The smallest absolute Gasteiger partial charge is 0.251 e. The summed E-state index contributed by atoms with van der Waals surface area (Å²) in [7, 11) is 1.50. The Hall–Kier alpha value is -3.00. The van der Waals surface area contributed by atoms with E-state index in [1.54, 1.807) is 29.2 Å². The summed E-state index contributed by atoms with van der Waals surface area (Å²) in [6.45, 7) is 1.20. The van der Waals surface area contributed by atoms with Crippen LogP contribution in [-0.2, 0) is 16.1 Å². The molecule has 0 aromatic heterocycles. The summed E-state index contributed by atoms with van der Waals surface area (Å²) in [4.78, 5) is 25.8. The van der Waals surface area contributed by atoms with Gasteiger partial charge in [0.05, 0.1) is 0 Å². The van der Waals surface area contributed by atoms with Crippen LogP contribution in [0, 0.1) is 11.6 Å². The lowest BCUT2D eigenvalue weighted by molar-refractivity contribution is -0.136. The molecule has 0 unspecified atom stereocenters. The summed E-state index contributed by atoms with van der Waals surface area (Å²) >= 11 is 0. The molecule has 1 N–H and O–H groups in total. The zero-order valence-corrected chi connectivity index (χ0v) is 16.7. The van der Waals surface area contributed by atoms with Gasteiger partial charge in [-0.3, -0.25) is 9.59 Å². The van der Waals surface area contributed by atoms with Crippen LogP contribution in [0.3, 0.4) is 0 Å². The van der Waals surface area contributed by atoms with Gasteiger partial charge in [-0.2, -0.15) is 0 Å². The number of nitrogens with zero attached hydrogens (tertiary/aromatic N) is 1. The first-order valence-electron chi connectivity index (χ1n) is 9.72. The second kappa shape index (κ2) is 10.2. The maximum absolute atomic E-state index is 13.7. The highest BCUT2D eigenvalue weighted by molar-refractivity contribution is 5.94. The third kappa shape index (κ3) is 5.54. The number of rotatable bonds is 7. The van der Waals surface area contributed by atoms with E-state index in [4.69, 9.17) is 9.47 Å². The number of piperidine rings is 1. The molecule has 30 heavy (non-hydrogen) atoms. The molecule has 1 aliphatic heterocycles. The minimum absolute atomic E-state index is 0.00720. The minimum atomic E-state index is -0.962. The number of halogens is 2. The molecule has 1 saturated heterocycles. The summed E-state index contributed by atoms with van der Waals surface area (Å²) in [5.41, 5.74) is 0.470. The summed E-state index contributed by atoms with van der Waals surface area (Å²) in [6.07, 6.45) is 1.43. The Balaban J connectivity index is 1.48. The van der Waals surface area contributed by atoms with Gasteiger partial charge in [0, 0.05) is 50.7 Å². The average molecular weight is 418 g/mol. The van der Waals surface area contributed by atoms with Crippen molar-refractivity contribution in [2.24, 2.45) is 0 Å². The van der Waals surface area contributed by atoms with E-state index >= 15 is 0 Å². The van der Waals surface area contributed by atoms with Crippen LogP contribution in [0.2, 0.25) is 0 Å². The van der Waals surface area contributed by atoms with Crippen molar-refractivity contribution in [1.29, 1.82) is 0 Å². The first-order valence-corrected chi connectivity index (χ1v) is 9.72. The Morgan fingerprint density at radius 3 is 2.47 bits per heavy atom. The predicted molar refractivity (Wildman–Crippen MR) is 106 cm³/mol. The lowest BCUT2D eigenvalue weighted by atomic mass is 10.1. The molecular weight excluding hydrogens is 394 g/mol. The monoisotopic (exact) mass is 418 g/mol. The highest BCUT2D eigenvalue weighted by atomic mass is 19.2. The van der Waals surface area contributed by atoms with Gasteiger partial charge in [-0.15, -0.1) is 0 Å². The zero-order valence-electron chi connectivity index (χ0n) is 16.7. The van der Waals surface area contributed by atoms with E-state index in [2.05, 4.69) is 5.32 Å². The third-order valence-corrected chi connectivity index (χ3v) is 4.95. The van der Waals surface area contributed by atoms with Crippen LogP contribution in [0.1, 0.15) is 28.8 Å². The molecule has 8 heteroatoms. The largest absolute Gasteiger partial charge is 0.490 e. The number of hydrogen-bond donors (Lipinski definition) is 1. The minimum Gasteiger partial charge on any atom is -0.490 e. The van der Waals surface area contributed by atoms with E-state index in [1.807, 2.05) is 0 Å². The fraction of sp³-hybridized carbons (Fsp3) is 0.364. The first kappa shape index (κ1) is 21.7. The fourth-order valence-electron chi connectivity index (χ4n) is 3.28. The van der Waals surface area contributed by atoms with E-state index in [0.717, 1.165) is 18.9 Å². The lowest BCUT2D eigenvalue weighted by Crippen LogP contribution is -2.43. The molecule has 1 aliphatic rings. The molecule has 0 bridgehead atoms. The van der Waals surface area contributed by atoms with Gasteiger partial charge >= 0.3 is 0 Å². The number of carbonyl (C=O) groups excluding carboxylic acids is 2. The second-order valence-corrected chi connectivity index (χ2v) is 7.05. The predicted octanol–water partition coefficient (Wildman–Crippen LogP) is 2.91. The van der Waals surface area contributed by atoms with Crippen molar-refractivity contribution in [2.75, 3.05) is 26.8 Å². The van der Waals surface area contributed by atoms with Crippen LogP contribution in [0.4, 0.5) is 8.78 Å². The molecule has 0 saturated carbocycles. The molecule has 0 aliphatic carbocycles. The fourth-order valence-corrected chi connectivity index (χ4v) is 3.28. The van der Waals surface area contributed by atoms with Crippen molar-refractivity contribution in [3.05, 3.63) is 65.2 Å². The number of nitrogens with one attached hydrogen (secondary N) is 1. The third-order valence-electron chi connectivity index (χ3n) is 4.95. The molecule has 0 atom stereocenters.